The van der Waals surface area contributed by atoms with Gasteiger partial charge in [-0.3, -0.25) is 4.99 Å². The number of guanidine groups is 1. The van der Waals surface area contributed by atoms with E-state index < -0.39 is 0 Å². The van der Waals surface area contributed by atoms with Gasteiger partial charge in [-0.05, 0) is 46.5 Å². The highest BCUT2D eigenvalue weighted by Crippen LogP contribution is 2.24. The fourth-order valence-electron chi connectivity index (χ4n) is 3.82. The molecule has 0 unspecified atom stereocenters. The number of likely N-dealkylation sites (tertiary alicyclic amines) is 1. The number of nitrogens with zero attached hydrogens (tertiary/aromatic N) is 4. The van der Waals surface area contributed by atoms with Crippen LogP contribution in [0.4, 0.5) is 5.13 Å². The van der Waals surface area contributed by atoms with E-state index in [0.717, 1.165) is 38.6 Å². The molecule has 3 rings (SSSR count). The minimum atomic E-state index is 0. The first kappa shape index (κ1) is 23.7. The fourth-order valence-corrected chi connectivity index (χ4v) is 4.73. The predicted octanol–water partition coefficient (Wildman–Crippen LogP) is 3.33. The van der Waals surface area contributed by atoms with Gasteiger partial charge in [0.15, 0.2) is 11.1 Å². The van der Waals surface area contributed by atoms with E-state index in [0.29, 0.717) is 12.1 Å². The molecule has 2 fully saturated rings. The summed E-state index contributed by atoms with van der Waals surface area (Å²) in [6, 6.07) is 1.18. The van der Waals surface area contributed by atoms with Gasteiger partial charge in [0.2, 0.25) is 0 Å². The molecule has 2 aliphatic heterocycles. The maximum Gasteiger partial charge on any atom is 0.191 e. The van der Waals surface area contributed by atoms with E-state index in [2.05, 4.69) is 46.6 Å². The van der Waals surface area contributed by atoms with Crippen molar-refractivity contribution >= 4 is 46.4 Å². The molecule has 0 aromatic carbocycles. The van der Waals surface area contributed by atoms with Crippen LogP contribution in [0.5, 0.6) is 0 Å². The van der Waals surface area contributed by atoms with Crippen molar-refractivity contribution in [3.8, 4) is 0 Å². The zero-order valence-electron chi connectivity index (χ0n) is 17.6. The molecule has 1 aromatic heterocycles. The molecule has 0 atom stereocenters. The van der Waals surface area contributed by atoms with Crippen LogP contribution in [0.1, 0.15) is 52.1 Å². The van der Waals surface area contributed by atoms with Gasteiger partial charge in [0.1, 0.15) is 0 Å². The number of aliphatic imine (C=N–C) groups is 1. The minimum absolute atomic E-state index is 0. The number of halogens is 1. The van der Waals surface area contributed by atoms with Crippen LogP contribution in [0, 0.1) is 0 Å². The quantitative estimate of drug-likeness (QED) is 0.328. The second-order valence-electron chi connectivity index (χ2n) is 7.87. The largest absolute Gasteiger partial charge is 0.357 e. The molecule has 8 heteroatoms. The van der Waals surface area contributed by atoms with E-state index in [1.54, 1.807) is 11.3 Å². The van der Waals surface area contributed by atoms with E-state index in [1.165, 1.54) is 49.6 Å². The van der Waals surface area contributed by atoms with Gasteiger partial charge in [-0.1, -0.05) is 0 Å². The fraction of sp³-hybridized carbons (Fsp3) is 0.800. The number of thiazole rings is 1. The van der Waals surface area contributed by atoms with E-state index in [-0.39, 0.29) is 24.0 Å². The van der Waals surface area contributed by atoms with Gasteiger partial charge in [0.05, 0.1) is 5.69 Å². The number of piperidine rings is 1. The number of anilines is 1. The summed E-state index contributed by atoms with van der Waals surface area (Å²) >= 11 is 1.78. The Balaban J connectivity index is 0.00000280. The van der Waals surface area contributed by atoms with Gasteiger partial charge >= 0.3 is 0 Å². The van der Waals surface area contributed by atoms with Crippen molar-refractivity contribution in [1.82, 2.24) is 20.5 Å². The highest BCUT2D eigenvalue weighted by molar-refractivity contribution is 14.0. The lowest BCUT2D eigenvalue weighted by Crippen LogP contribution is -2.49. The van der Waals surface area contributed by atoms with Crippen LogP contribution in [0.2, 0.25) is 0 Å². The Bertz CT molecular complexity index is 591. The third-order valence-corrected chi connectivity index (χ3v) is 6.45. The van der Waals surface area contributed by atoms with Crippen LogP contribution in [-0.4, -0.2) is 67.2 Å². The minimum Gasteiger partial charge on any atom is -0.357 e. The molecule has 3 heterocycles. The molecule has 2 saturated heterocycles. The summed E-state index contributed by atoms with van der Waals surface area (Å²) < 4.78 is 0. The zero-order chi connectivity index (χ0) is 19.1. The maximum atomic E-state index is 4.80. The van der Waals surface area contributed by atoms with Gasteiger partial charge in [0.25, 0.3) is 0 Å². The molecule has 2 aliphatic rings. The van der Waals surface area contributed by atoms with Crippen molar-refractivity contribution < 1.29 is 0 Å². The summed E-state index contributed by atoms with van der Waals surface area (Å²) in [4.78, 5) is 14.6. The first-order valence-electron chi connectivity index (χ1n) is 10.6. The summed E-state index contributed by atoms with van der Waals surface area (Å²) in [5.74, 6) is 0.954. The van der Waals surface area contributed by atoms with Crippen LogP contribution in [-0.2, 0) is 6.42 Å². The summed E-state index contributed by atoms with van der Waals surface area (Å²) in [6.07, 6.45) is 5.88. The Labute approximate surface area is 191 Å². The third-order valence-electron chi connectivity index (χ3n) is 5.50. The molecule has 28 heavy (non-hydrogen) atoms. The molecule has 0 spiro atoms. The predicted molar refractivity (Wildman–Crippen MR) is 132 cm³/mol. The van der Waals surface area contributed by atoms with Crippen LogP contribution < -0.4 is 15.5 Å². The van der Waals surface area contributed by atoms with Crippen molar-refractivity contribution in [2.45, 2.75) is 65.0 Å². The smallest absolute Gasteiger partial charge is 0.191 e. The van der Waals surface area contributed by atoms with Gasteiger partial charge in [0, 0.05) is 63.2 Å². The topological polar surface area (TPSA) is 55.8 Å². The van der Waals surface area contributed by atoms with Crippen molar-refractivity contribution in [3.63, 3.8) is 0 Å². The molecule has 0 amide bonds. The highest BCUT2D eigenvalue weighted by Gasteiger charge is 2.21. The Morgan fingerprint density at radius 1 is 1.25 bits per heavy atom. The second-order valence-corrected chi connectivity index (χ2v) is 8.71. The average molecular weight is 521 g/mol. The summed E-state index contributed by atoms with van der Waals surface area (Å²) in [5, 5.41) is 10.4. The Morgan fingerprint density at radius 3 is 2.61 bits per heavy atom. The molecule has 6 nitrogen and oxygen atoms in total. The maximum absolute atomic E-state index is 4.80. The van der Waals surface area contributed by atoms with E-state index in [4.69, 9.17) is 9.98 Å². The van der Waals surface area contributed by atoms with E-state index in [9.17, 15) is 0 Å². The lowest BCUT2D eigenvalue weighted by Gasteiger charge is -2.35. The van der Waals surface area contributed by atoms with Gasteiger partial charge in [-0.2, -0.15) is 0 Å². The molecular weight excluding hydrogens is 483 g/mol. The molecule has 2 N–H and O–H groups in total. The summed E-state index contributed by atoms with van der Waals surface area (Å²) in [6.45, 7) is 13.0. The Kier molecular flexibility index (Phi) is 10.3. The molecule has 0 saturated carbocycles. The molecule has 160 valence electrons. The van der Waals surface area contributed by atoms with E-state index >= 15 is 0 Å². The number of rotatable bonds is 7. The number of nitrogens with one attached hydrogen (secondary N) is 2. The van der Waals surface area contributed by atoms with Gasteiger partial charge in [-0.25, -0.2) is 4.98 Å². The molecule has 0 bridgehead atoms. The number of aromatic nitrogens is 1. The molecule has 0 radical (unpaired) electrons. The van der Waals surface area contributed by atoms with Gasteiger partial charge < -0.3 is 20.4 Å². The molecule has 0 aliphatic carbocycles. The second kappa shape index (κ2) is 12.2. The lowest BCUT2D eigenvalue weighted by molar-refractivity contribution is 0.167. The number of hydrogen-bond acceptors (Lipinski definition) is 5. The first-order chi connectivity index (χ1) is 13.2. The van der Waals surface area contributed by atoms with Crippen LogP contribution in [0.25, 0.3) is 0 Å². The summed E-state index contributed by atoms with van der Waals surface area (Å²) in [5.41, 5.74) is 1.17. The van der Waals surface area contributed by atoms with Crippen molar-refractivity contribution in [2.24, 2.45) is 4.99 Å². The lowest BCUT2D eigenvalue weighted by atomic mass is 10.0. The molecular formula is C20H37IN6S. The Hall–Kier alpha value is -0.610. The van der Waals surface area contributed by atoms with E-state index in [1.807, 2.05) is 0 Å². The SMILES string of the molecule is CCNC(=NCCc1csc(N2CCCC2)n1)NC1CCN(C(C)C)CC1.I. The van der Waals surface area contributed by atoms with Crippen molar-refractivity contribution in [1.29, 1.82) is 0 Å². The van der Waals surface area contributed by atoms with Crippen LogP contribution in [0.3, 0.4) is 0 Å². The Morgan fingerprint density at radius 2 is 1.96 bits per heavy atom. The first-order valence-corrected chi connectivity index (χ1v) is 11.5. The average Bonchev–Trinajstić information content (AvgIpc) is 3.34. The van der Waals surface area contributed by atoms with Crippen molar-refractivity contribution in [3.05, 3.63) is 11.1 Å². The standard InChI is InChI=1S/C20H36N6S.HI/c1-4-21-19(23-17-8-13-25(14-9-17)16(2)3)22-10-7-18-15-27-20(24-18)26-11-5-6-12-26;/h15-17H,4-14H2,1-3H3,(H2,21,22,23);1H. The number of hydrogen-bond donors (Lipinski definition) is 2. The van der Waals surface area contributed by atoms with Crippen LogP contribution >= 0.6 is 35.3 Å². The monoisotopic (exact) mass is 520 g/mol. The highest BCUT2D eigenvalue weighted by atomic mass is 127. The molecule has 1 aromatic rings. The zero-order valence-corrected chi connectivity index (χ0v) is 20.8. The third kappa shape index (κ3) is 7.02. The van der Waals surface area contributed by atoms with Crippen molar-refractivity contribution in [2.75, 3.05) is 44.2 Å². The van der Waals surface area contributed by atoms with Gasteiger partial charge in [-0.15, -0.1) is 35.3 Å². The van der Waals surface area contributed by atoms with Crippen LogP contribution in [0.15, 0.2) is 10.4 Å². The normalized spacial score (nSPS) is 19.1. The summed E-state index contributed by atoms with van der Waals surface area (Å²) in [7, 11) is 0.